The fourth-order valence-corrected chi connectivity index (χ4v) is 2.15. The summed E-state index contributed by atoms with van der Waals surface area (Å²) in [7, 11) is 0. The van der Waals surface area contributed by atoms with Crippen LogP contribution in [0.15, 0.2) is 28.9 Å². The van der Waals surface area contributed by atoms with Crippen molar-refractivity contribution in [2.45, 2.75) is 33.7 Å². The second-order valence-corrected chi connectivity index (χ2v) is 5.30. The van der Waals surface area contributed by atoms with Gasteiger partial charge in [-0.25, -0.2) is 0 Å². The summed E-state index contributed by atoms with van der Waals surface area (Å²) >= 11 is 0. The molecular formula is C15H21N3O2. The van der Waals surface area contributed by atoms with Gasteiger partial charge in [-0.05, 0) is 32.0 Å². The van der Waals surface area contributed by atoms with E-state index in [0.717, 1.165) is 17.1 Å². The Morgan fingerprint density at radius 1 is 1.45 bits per heavy atom. The Hall–Kier alpha value is -2.04. The topological polar surface area (TPSA) is 60.1 Å². The number of furan rings is 1. The summed E-state index contributed by atoms with van der Waals surface area (Å²) in [6, 6.07) is 5.64. The molecule has 108 valence electrons. The minimum atomic E-state index is -0.124. The van der Waals surface area contributed by atoms with Crippen molar-refractivity contribution >= 4 is 5.91 Å². The molecule has 0 saturated carbocycles. The van der Waals surface area contributed by atoms with Gasteiger partial charge in [0.1, 0.15) is 11.8 Å². The van der Waals surface area contributed by atoms with Crippen LogP contribution in [0.4, 0.5) is 0 Å². The van der Waals surface area contributed by atoms with E-state index in [1.165, 1.54) is 0 Å². The lowest BCUT2D eigenvalue weighted by Crippen LogP contribution is -2.34. The number of nitrogens with one attached hydrogen (secondary N) is 1. The molecule has 2 heterocycles. The van der Waals surface area contributed by atoms with E-state index in [1.807, 2.05) is 50.6 Å². The van der Waals surface area contributed by atoms with Gasteiger partial charge in [0.2, 0.25) is 5.91 Å². The highest BCUT2D eigenvalue weighted by atomic mass is 16.3. The lowest BCUT2D eigenvalue weighted by Gasteiger charge is -2.18. The van der Waals surface area contributed by atoms with Crippen molar-refractivity contribution in [3.05, 3.63) is 41.6 Å². The molecule has 0 radical (unpaired) electrons. The highest BCUT2D eigenvalue weighted by Gasteiger charge is 2.21. The third kappa shape index (κ3) is 3.10. The number of aryl methyl sites for hydroxylation is 2. The molecule has 0 spiro atoms. The van der Waals surface area contributed by atoms with Gasteiger partial charge in [-0.1, -0.05) is 13.8 Å². The van der Waals surface area contributed by atoms with Crippen molar-refractivity contribution in [2.75, 3.05) is 6.54 Å². The maximum atomic E-state index is 11.8. The van der Waals surface area contributed by atoms with Crippen LogP contribution in [0.1, 0.15) is 37.0 Å². The molecule has 1 atom stereocenters. The smallest absolute Gasteiger partial charge is 0.222 e. The van der Waals surface area contributed by atoms with Crippen molar-refractivity contribution in [3.8, 4) is 0 Å². The molecule has 0 aromatic carbocycles. The fraction of sp³-hybridized carbons (Fsp3) is 0.467. The number of carbonyl (C=O) groups is 1. The van der Waals surface area contributed by atoms with Gasteiger partial charge in [0.05, 0.1) is 12.0 Å². The predicted octanol–water partition coefficient (Wildman–Crippen LogP) is 2.45. The van der Waals surface area contributed by atoms with E-state index in [-0.39, 0.29) is 17.9 Å². The van der Waals surface area contributed by atoms with E-state index < -0.39 is 0 Å². The van der Waals surface area contributed by atoms with Gasteiger partial charge in [-0.3, -0.25) is 9.48 Å². The average molecular weight is 275 g/mol. The third-order valence-electron chi connectivity index (χ3n) is 3.21. The zero-order chi connectivity index (χ0) is 14.7. The van der Waals surface area contributed by atoms with E-state index in [9.17, 15) is 4.79 Å². The number of hydrogen-bond acceptors (Lipinski definition) is 3. The van der Waals surface area contributed by atoms with Gasteiger partial charge >= 0.3 is 0 Å². The molecule has 5 heteroatoms. The monoisotopic (exact) mass is 275 g/mol. The first kappa shape index (κ1) is 14.4. The Kier molecular flexibility index (Phi) is 4.27. The molecule has 5 nitrogen and oxygen atoms in total. The van der Waals surface area contributed by atoms with Gasteiger partial charge in [0, 0.05) is 18.2 Å². The first-order valence-electron chi connectivity index (χ1n) is 6.83. The normalized spacial score (nSPS) is 12.7. The Morgan fingerprint density at radius 2 is 2.20 bits per heavy atom. The molecule has 1 N–H and O–H groups in total. The number of rotatable bonds is 5. The maximum absolute atomic E-state index is 11.8. The van der Waals surface area contributed by atoms with Crippen LogP contribution in [-0.2, 0) is 4.79 Å². The number of aromatic nitrogens is 2. The van der Waals surface area contributed by atoms with E-state index in [0.29, 0.717) is 6.54 Å². The first-order chi connectivity index (χ1) is 9.49. The largest absolute Gasteiger partial charge is 0.467 e. The minimum Gasteiger partial charge on any atom is -0.467 e. The lowest BCUT2D eigenvalue weighted by molar-refractivity contribution is -0.124. The van der Waals surface area contributed by atoms with Crippen molar-refractivity contribution in [1.29, 1.82) is 0 Å². The average Bonchev–Trinajstić information content (AvgIpc) is 3.00. The Morgan fingerprint density at radius 3 is 2.70 bits per heavy atom. The summed E-state index contributed by atoms with van der Waals surface area (Å²) in [6.07, 6.45) is 1.64. The highest BCUT2D eigenvalue weighted by molar-refractivity contribution is 5.77. The zero-order valence-electron chi connectivity index (χ0n) is 12.4. The van der Waals surface area contributed by atoms with E-state index >= 15 is 0 Å². The summed E-state index contributed by atoms with van der Waals surface area (Å²) in [5.74, 6) is 0.788. The molecule has 1 amide bonds. The predicted molar refractivity (Wildman–Crippen MR) is 76.4 cm³/mol. The molecule has 0 aliphatic carbocycles. The number of hydrogen-bond donors (Lipinski definition) is 1. The Bertz CT molecular complexity index is 570. The third-order valence-corrected chi connectivity index (χ3v) is 3.21. The van der Waals surface area contributed by atoms with Crippen LogP contribution < -0.4 is 5.32 Å². The van der Waals surface area contributed by atoms with Crippen LogP contribution in [-0.4, -0.2) is 22.2 Å². The van der Waals surface area contributed by atoms with Crippen LogP contribution in [0.2, 0.25) is 0 Å². The van der Waals surface area contributed by atoms with Gasteiger partial charge in [-0.15, -0.1) is 0 Å². The molecule has 0 bridgehead atoms. The van der Waals surface area contributed by atoms with E-state index in [4.69, 9.17) is 4.42 Å². The standard InChI is InChI=1S/C15H21N3O2/c1-10(2)15(19)16-9-13(14-6-5-7-20-14)18-12(4)8-11(3)17-18/h5-8,10,13H,9H2,1-4H3,(H,16,19). The number of carbonyl (C=O) groups excluding carboxylic acids is 1. The summed E-state index contributed by atoms with van der Waals surface area (Å²) in [5, 5.41) is 7.44. The second-order valence-electron chi connectivity index (χ2n) is 5.30. The second kappa shape index (κ2) is 5.94. The molecule has 2 aromatic heterocycles. The SMILES string of the molecule is Cc1cc(C)n(C(CNC(=O)C(C)C)c2ccco2)n1. The van der Waals surface area contributed by atoms with Gasteiger partial charge in [0.15, 0.2) is 0 Å². The molecular weight excluding hydrogens is 254 g/mol. The Balaban J connectivity index is 2.22. The van der Waals surface area contributed by atoms with Crippen LogP contribution >= 0.6 is 0 Å². The van der Waals surface area contributed by atoms with Crippen LogP contribution in [0, 0.1) is 19.8 Å². The zero-order valence-corrected chi connectivity index (χ0v) is 12.4. The molecule has 1 unspecified atom stereocenters. The number of amides is 1. The van der Waals surface area contributed by atoms with E-state index in [1.54, 1.807) is 6.26 Å². The Labute approximate surface area is 119 Å². The van der Waals surface area contributed by atoms with Crippen LogP contribution in [0.3, 0.4) is 0 Å². The highest BCUT2D eigenvalue weighted by Crippen LogP contribution is 2.20. The summed E-state index contributed by atoms with van der Waals surface area (Å²) in [5.41, 5.74) is 2.00. The molecule has 20 heavy (non-hydrogen) atoms. The molecule has 2 rings (SSSR count). The minimum absolute atomic E-state index is 0.0306. The van der Waals surface area contributed by atoms with Gasteiger partial charge in [-0.2, -0.15) is 5.10 Å². The van der Waals surface area contributed by atoms with Gasteiger partial charge < -0.3 is 9.73 Å². The van der Waals surface area contributed by atoms with Crippen molar-refractivity contribution < 1.29 is 9.21 Å². The molecule has 0 aliphatic heterocycles. The summed E-state index contributed by atoms with van der Waals surface area (Å²) in [4.78, 5) is 11.8. The summed E-state index contributed by atoms with van der Waals surface area (Å²) in [6.45, 7) is 8.17. The van der Waals surface area contributed by atoms with Crippen molar-refractivity contribution in [3.63, 3.8) is 0 Å². The molecule has 0 fully saturated rings. The first-order valence-corrected chi connectivity index (χ1v) is 6.83. The molecule has 2 aromatic rings. The maximum Gasteiger partial charge on any atom is 0.222 e. The molecule has 0 saturated heterocycles. The van der Waals surface area contributed by atoms with Crippen LogP contribution in [0.5, 0.6) is 0 Å². The van der Waals surface area contributed by atoms with Crippen LogP contribution in [0.25, 0.3) is 0 Å². The van der Waals surface area contributed by atoms with Gasteiger partial charge in [0.25, 0.3) is 0 Å². The number of nitrogens with zero attached hydrogens (tertiary/aromatic N) is 2. The van der Waals surface area contributed by atoms with E-state index in [2.05, 4.69) is 10.4 Å². The summed E-state index contributed by atoms with van der Waals surface area (Å²) < 4.78 is 7.39. The fourth-order valence-electron chi connectivity index (χ4n) is 2.15. The van der Waals surface area contributed by atoms with Crippen molar-refractivity contribution in [1.82, 2.24) is 15.1 Å². The lowest BCUT2D eigenvalue weighted by atomic mass is 10.2. The molecule has 0 aliphatic rings. The quantitative estimate of drug-likeness (QED) is 0.911. The van der Waals surface area contributed by atoms with Crippen molar-refractivity contribution in [2.24, 2.45) is 5.92 Å².